The minimum atomic E-state index is 0. The molecule has 25 heavy (non-hydrogen) atoms. The number of guanidine groups is 1. The molecule has 0 aliphatic carbocycles. The van der Waals surface area contributed by atoms with E-state index >= 15 is 0 Å². The third kappa shape index (κ3) is 11.3. The molecular formula is C19H42IN5. The van der Waals surface area contributed by atoms with Gasteiger partial charge in [0.2, 0.25) is 0 Å². The second-order valence-corrected chi connectivity index (χ2v) is 7.36. The smallest absolute Gasteiger partial charge is 0.191 e. The number of hydrogen-bond acceptors (Lipinski definition) is 3. The average molecular weight is 467 g/mol. The van der Waals surface area contributed by atoms with E-state index in [0.29, 0.717) is 6.04 Å². The van der Waals surface area contributed by atoms with Gasteiger partial charge in [-0.3, -0.25) is 9.89 Å². The van der Waals surface area contributed by atoms with Crippen molar-refractivity contribution in [2.24, 2.45) is 10.9 Å². The molecule has 1 fully saturated rings. The maximum Gasteiger partial charge on any atom is 0.191 e. The number of nitrogens with one attached hydrogen (secondary N) is 2. The zero-order valence-corrected chi connectivity index (χ0v) is 19.5. The van der Waals surface area contributed by atoms with Gasteiger partial charge in [0.05, 0.1) is 6.54 Å². The Labute approximate surface area is 173 Å². The Morgan fingerprint density at radius 2 is 1.68 bits per heavy atom. The van der Waals surface area contributed by atoms with Crippen LogP contribution in [0.1, 0.15) is 53.9 Å². The fraction of sp³-hybridized carbons (Fsp3) is 0.947. The minimum Gasteiger partial charge on any atom is -0.357 e. The Hall–Kier alpha value is -0.0800. The van der Waals surface area contributed by atoms with Gasteiger partial charge in [0.15, 0.2) is 5.96 Å². The lowest BCUT2D eigenvalue weighted by atomic mass is 10.1. The van der Waals surface area contributed by atoms with Crippen LogP contribution in [-0.4, -0.2) is 74.2 Å². The third-order valence-corrected chi connectivity index (χ3v) is 4.84. The van der Waals surface area contributed by atoms with Crippen LogP contribution in [0.2, 0.25) is 0 Å². The number of unbranched alkanes of at least 4 members (excludes halogenated alkanes) is 1. The molecule has 1 aliphatic rings. The Balaban J connectivity index is 0.00000576. The van der Waals surface area contributed by atoms with Gasteiger partial charge in [-0.1, -0.05) is 33.6 Å². The fourth-order valence-corrected chi connectivity index (χ4v) is 3.09. The molecule has 1 saturated heterocycles. The summed E-state index contributed by atoms with van der Waals surface area (Å²) in [5.41, 5.74) is 0. The van der Waals surface area contributed by atoms with Crippen LogP contribution in [0.15, 0.2) is 4.99 Å². The number of halogens is 1. The summed E-state index contributed by atoms with van der Waals surface area (Å²) in [4.78, 5) is 9.89. The van der Waals surface area contributed by atoms with Crippen LogP contribution in [0.4, 0.5) is 0 Å². The minimum absolute atomic E-state index is 0. The summed E-state index contributed by atoms with van der Waals surface area (Å²) in [6.07, 6.45) is 3.83. The quantitative estimate of drug-likeness (QED) is 0.224. The topological polar surface area (TPSA) is 42.9 Å². The molecule has 1 atom stereocenters. The zero-order chi connectivity index (χ0) is 17.8. The van der Waals surface area contributed by atoms with Crippen molar-refractivity contribution in [3.63, 3.8) is 0 Å². The molecule has 6 heteroatoms. The summed E-state index contributed by atoms with van der Waals surface area (Å²) in [7, 11) is 0. The molecule has 0 radical (unpaired) electrons. The van der Waals surface area contributed by atoms with Gasteiger partial charge in [-0.25, -0.2) is 0 Å². The van der Waals surface area contributed by atoms with Crippen molar-refractivity contribution in [2.45, 2.75) is 59.9 Å². The molecule has 1 aliphatic heterocycles. The maximum absolute atomic E-state index is 4.80. The SMILES string of the molecule is CCNC(=NCC(C)N1CCN(CC)CC1)NCCCCC(C)C.I. The zero-order valence-electron chi connectivity index (χ0n) is 17.2. The number of hydrogen-bond donors (Lipinski definition) is 2. The van der Waals surface area contributed by atoms with Crippen molar-refractivity contribution in [1.82, 2.24) is 20.4 Å². The molecule has 0 aromatic carbocycles. The Bertz CT molecular complexity index is 341. The van der Waals surface area contributed by atoms with Crippen LogP contribution in [0, 0.1) is 5.92 Å². The molecule has 150 valence electrons. The molecule has 0 saturated carbocycles. The second kappa shape index (κ2) is 15.0. The second-order valence-electron chi connectivity index (χ2n) is 7.36. The van der Waals surface area contributed by atoms with Gasteiger partial charge in [-0.2, -0.15) is 0 Å². The molecule has 0 aromatic heterocycles. The molecule has 1 rings (SSSR count). The lowest BCUT2D eigenvalue weighted by molar-refractivity contribution is 0.109. The van der Waals surface area contributed by atoms with Crippen LogP contribution in [0.5, 0.6) is 0 Å². The van der Waals surface area contributed by atoms with Crippen LogP contribution >= 0.6 is 24.0 Å². The third-order valence-electron chi connectivity index (χ3n) is 4.84. The van der Waals surface area contributed by atoms with Gasteiger partial charge in [-0.05, 0) is 32.7 Å². The molecule has 0 bridgehead atoms. The summed E-state index contributed by atoms with van der Waals surface area (Å²) < 4.78 is 0. The van der Waals surface area contributed by atoms with Crippen LogP contribution in [0.3, 0.4) is 0 Å². The Morgan fingerprint density at radius 1 is 1.00 bits per heavy atom. The first kappa shape index (κ1) is 24.9. The van der Waals surface area contributed by atoms with E-state index in [1.54, 1.807) is 0 Å². The monoisotopic (exact) mass is 467 g/mol. The van der Waals surface area contributed by atoms with Crippen molar-refractivity contribution >= 4 is 29.9 Å². The summed E-state index contributed by atoms with van der Waals surface area (Å²) in [5, 5.41) is 6.85. The predicted molar refractivity (Wildman–Crippen MR) is 121 cm³/mol. The van der Waals surface area contributed by atoms with Crippen molar-refractivity contribution in [2.75, 3.05) is 52.4 Å². The first-order valence-corrected chi connectivity index (χ1v) is 10.0. The van der Waals surface area contributed by atoms with Gasteiger partial charge in [0, 0.05) is 45.3 Å². The normalized spacial score (nSPS) is 18.1. The van der Waals surface area contributed by atoms with Crippen molar-refractivity contribution in [3.8, 4) is 0 Å². The van der Waals surface area contributed by atoms with Crippen molar-refractivity contribution in [3.05, 3.63) is 0 Å². The van der Waals surface area contributed by atoms with Gasteiger partial charge < -0.3 is 15.5 Å². The van der Waals surface area contributed by atoms with Crippen LogP contribution in [-0.2, 0) is 0 Å². The van der Waals surface area contributed by atoms with Gasteiger partial charge in [0.1, 0.15) is 0 Å². The fourth-order valence-electron chi connectivity index (χ4n) is 3.09. The number of likely N-dealkylation sites (N-methyl/N-ethyl adjacent to an activating group) is 1. The summed E-state index contributed by atoms with van der Waals surface area (Å²) in [6.45, 7) is 20.0. The predicted octanol–water partition coefficient (Wildman–Crippen LogP) is 3.01. The molecule has 0 amide bonds. The highest BCUT2D eigenvalue weighted by atomic mass is 127. The molecule has 1 unspecified atom stereocenters. The van der Waals surface area contributed by atoms with E-state index < -0.39 is 0 Å². The highest BCUT2D eigenvalue weighted by Gasteiger charge is 2.19. The Kier molecular flexibility index (Phi) is 15.0. The molecule has 5 nitrogen and oxygen atoms in total. The Morgan fingerprint density at radius 3 is 2.24 bits per heavy atom. The van der Waals surface area contributed by atoms with E-state index in [1.165, 1.54) is 52.0 Å². The van der Waals surface area contributed by atoms with Gasteiger partial charge in [-0.15, -0.1) is 24.0 Å². The van der Waals surface area contributed by atoms with Gasteiger partial charge >= 0.3 is 0 Å². The van der Waals surface area contributed by atoms with E-state index in [-0.39, 0.29) is 24.0 Å². The van der Waals surface area contributed by atoms with Crippen molar-refractivity contribution < 1.29 is 0 Å². The van der Waals surface area contributed by atoms with E-state index in [4.69, 9.17) is 4.99 Å². The van der Waals surface area contributed by atoms with E-state index in [1.807, 2.05) is 0 Å². The van der Waals surface area contributed by atoms with Crippen LogP contribution < -0.4 is 10.6 Å². The number of rotatable bonds is 10. The summed E-state index contributed by atoms with van der Waals surface area (Å²) in [6, 6.07) is 0.514. The van der Waals surface area contributed by atoms with E-state index in [0.717, 1.165) is 31.5 Å². The molecule has 2 N–H and O–H groups in total. The molecule has 0 spiro atoms. The van der Waals surface area contributed by atoms with E-state index in [2.05, 4.69) is 55.1 Å². The summed E-state index contributed by atoms with van der Waals surface area (Å²) >= 11 is 0. The first-order chi connectivity index (χ1) is 11.6. The molecular weight excluding hydrogens is 425 g/mol. The lowest BCUT2D eigenvalue weighted by Gasteiger charge is -2.37. The number of piperazine rings is 1. The molecule has 1 heterocycles. The largest absolute Gasteiger partial charge is 0.357 e. The lowest BCUT2D eigenvalue weighted by Crippen LogP contribution is -2.50. The highest BCUT2D eigenvalue weighted by Crippen LogP contribution is 2.07. The van der Waals surface area contributed by atoms with Crippen molar-refractivity contribution in [1.29, 1.82) is 0 Å². The summed E-state index contributed by atoms with van der Waals surface area (Å²) in [5.74, 6) is 1.78. The van der Waals surface area contributed by atoms with E-state index in [9.17, 15) is 0 Å². The molecule has 0 aromatic rings. The first-order valence-electron chi connectivity index (χ1n) is 10.0. The maximum atomic E-state index is 4.80. The number of aliphatic imine (C=N–C) groups is 1. The van der Waals surface area contributed by atoms with Gasteiger partial charge in [0.25, 0.3) is 0 Å². The average Bonchev–Trinajstić information content (AvgIpc) is 2.58. The highest BCUT2D eigenvalue weighted by molar-refractivity contribution is 14.0. The standard InChI is InChI=1S/C19H41N5.HI/c1-6-20-19(21-11-9-8-10-17(3)4)22-16-18(5)24-14-12-23(7-2)13-15-24;/h17-18H,6-16H2,1-5H3,(H2,20,21,22);1H. The van der Waals surface area contributed by atoms with Crippen LogP contribution in [0.25, 0.3) is 0 Å². The number of nitrogens with zero attached hydrogens (tertiary/aromatic N) is 3.